The lowest BCUT2D eigenvalue weighted by Crippen LogP contribution is -2.01. The van der Waals surface area contributed by atoms with Gasteiger partial charge in [-0.1, -0.05) is 6.07 Å². The van der Waals surface area contributed by atoms with Crippen LogP contribution in [0.25, 0.3) is 16.9 Å². The number of aromatic nitrogens is 2. The zero-order valence-corrected chi connectivity index (χ0v) is 12.6. The van der Waals surface area contributed by atoms with Gasteiger partial charge in [-0.2, -0.15) is 0 Å². The molecule has 106 valence electrons. The molecule has 0 fully saturated rings. The van der Waals surface area contributed by atoms with Crippen LogP contribution in [0.4, 0.5) is 4.39 Å². The van der Waals surface area contributed by atoms with Crippen LogP contribution in [0.15, 0.2) is 41.0 Å². The summed E-state index contributed by atoms with van der Waals surface area (Å²) >= 11 is 3.40. The van der Waals surface area contributed by atoms with Crippen molar-refractivity contribution in [3.63, 3.8) is 0 Å². The molecule has 6 heteroatoms. The normalized spacial score (nSPS) is 11.0. The molecule has 2 heterocycles. The Kier molecular flexibility index (Phi) is 3.25. The highest BCUT2D eigenvalue weighted by atomic mass is 79.9. The van der Waals surface area contributed by atoms with Gasteiger partial charge >= 0.3 is 5.97 Å². The predicted molar refractivity (Wildman–Crippen MR) is 80.0 cm³/mol. The molecule has 0 atom stereocenters. The smallest absolute Gasteiger partial charge is 0.356 e. The third-order valence-corrected chi connectivity index (χ3v) is 3.85. The molecule has 0 aliphatic rings. The lowest BCUT2D eigenvalue weighted by molar-refractivity contribution is 0.0692. The van der Waals surface area contributed by atoms with Gasteiger partial charge < -0.3 is 5.11 Å². The molecule has 2 aromatic heterocycles. The first-order valence-corrected chi connectivity index (χ1v) is 6.95. The highest BCUT2D eigenvalue weighted by Gasteiger charge is 2.21. The fourth-order valence-corrected chi connectivity index (χ4v) is 2.77. The molecule has 0 aliphatic carbocycles. The van der Waals surface area contributed by atoms with Crippen molar-refractivity contribution in [1.29, 1.82) is 0 Å². The monoisotopic (exact) mass is 348 g/mol. The maximum absolute atomic E-state index is 13.4. The summed E-state index contributed by atoms with van der Waals surface area (Å²) in [4.78, 5) is 15.6. The number of aryl methyl sites for hydroxylation is 1. The number of rotatable bonds is 2. The highest BCUT2D eigenvalue weighted by Crippen LogP contribution is 2.29. The number of carboxylic acid groups (broad SMARTS) is 1. The molecule has 1 aromatic carbocycles. The number of pyridine rings is 1. The number of hydrogen-bond acceptors (Lipinski definition) is 2. The molecule has 0 spiro atoms. The molecule has 0 bridgehead atoms. The Balaban J connectivity index is 2.41. The maximum atomic E-state index is 13.4. The molecule has 0 radical (unpaired) electrons. The van der Waals surface area contributed by atoms with E-state index < -0.39 is 5.97 Å². The number of benzene rings is 1. The number of nitrogens with zero attached hydrogens (tertiary/aromatic N) is 2. The van der Waals surface area contributed by atoms with Gasteiger partial charge in [0, 0.05) is 5.56 Å². The first-order chi connectivity index (χ1) is 9.99. The van der Waals surface area contributed by atoms with Crippen LogP contribution in [0.2, 0.25) is 0 Å². The van der Waals surface area contributed by atoms with Gasteiger partial charge in [-0.15, -0.1) is 0 Å². The number of aromatic carboxylic acids is 1. The Labute approximate surface area is 128 Å². The molecule has 4 nitrogen and oxygen atoms in total. The van der Waals surface area contributed by atoms with Gasteiger partial charge in [0.15, 0.2) is 5.69 Å². The van der Waals surface area contributed by atoms with Gasteiger partial charge in [-0.05, 0) is 58.7 Å². The Bertz CT molecular complexity index is 873. The summed E-state index contributed by atoms with van der Waals surface area (Å²) in [7, 11) is 0. The number of fused-ring (bicyclic) bond motifs is 1. The summed E-state index contributed by atoms with van der Waals surface area (Å²) in [5, 5.41) is 9.38. The van der Waals surface area contributed by atoms with Crippen molar-refractivity contribution in [2.45, 2.75) is 6.92 Å². The number of carboxylic acids is 1. The van der Waals surface area contributed by atoms with E-state index in [0.717, 1.165) is 0 Å². The average Bonchev–Trinajstić information content (AvgIpc) is 2.83. The Morgan fingerprint density at radius 2 is 2.10 bits per heavy atom. The number of halogens is 2. The van der Waals surface area contributed by atoms with E-state index in [4.69, 9.17) is 0 Å². The maximum Gasteiger partial charge on any atom is 0.356 e. The topological polar surface area (TPSA) is 54.6 Å². The summed E-state index contributed by atoms with van der Waals surface area (Å²) in [6, 6.07) is 9.78. The summed E-state index contributed by atoms with van der Waals surface area (Å²) in [6.07, 6.45) is 0. The van der Waals surface area contributed by atoms with Crippen LogP contribution in [0.5, 0.6) is 0 Å². The van der Waals surface area contributed by atoms with E-state index in [-0.39, 0.29) is 11.5 Å². The van der Waals surface area contributed by atoms with Gasteiger partial charge in [-0.25, -0.2) is 14.2 Å². The molecule has 0 aliphatic heterocycles. The van der Waals surface area contributed by atoms with Crippen LogP contribution in [0, 0.1) is 12.7 Å². The van der Waals surface area contributed by atoms with E-state index in [1.165, 1.54) is 6.07 Å². The van der Waals surface area contributed by atoms with Crippen LogP contribution in [0.3, 0.4) is 0 Å². The molecule has 3 rings (SSSR count). The summed E-state index contributed by atoms with van der Waals surface area (Å²) in [5.74, 6) is -1.45. The zero-order valence-electron chi connectivity index (χ0n) is 11.0. The third-order valence-electron chi connectivity index (χ3n) is 3.23. The van der Waals surface area contributed by atoms with E-state index in [9.17, 15) is 14.3 Å². The van der Waals surface area contributed by atoms with Crippen molar-refractivity contribution in [2.75, 3.05) is 0 Å². The fourth-order valence-electron chi connectivity index (χ4n) is 2.26. The van der Waals surface area contributed by atoms with Crippen molar-refractivity contribution in [2.24, 2.45) is 0 Å². The van der Waals surface area contributed by atoms with E-state index >= 15 is 0 Å². The molecule has 0 amide bonds. The van der Waals surface area contributed by atoms with Crippen LogP contribution in [-0.4, -0.2) is 20.5 Å². The molecule has 0 saturated carbocycles. The van der Waals surface area contributed by atoms with Crippen LogP contribution in [0.1, 0.15) is 16.1 Å². The summed E-state index contributed by atoms with van der Waals surface area (Å²) < 4.78 is 15.8. The first kappa shape index (κ1) is 13.8. The van der Waals surface area contributed by atoms with Crippen molar-refractivity contribution in [3.05, 3.63) is 58.1 Å². The largest absolute Gasteiger partial charge is 0.476 e. The van der Waals surface area contributed by atoms with Crippen LogP contribution < -0.4 is 0 Å². The summed E-state index contributed by atoms with van der Waals surface area (Å²) in [6.45, 7) is 1.64. The Morgan fingerprint density at radius 3 is 2.76 bits per heavy atom. The second-order valence-corrected chi connectivity index (χ2v) is 5.43. The van der Waals surface area contributed by atoms with Crippen molar-refractivity contribution in [3.8, 4) is 11.3 Å². The van der Waals surface area contributed by atoms with Gasteiger partial charge in [-0.3, -0.25) is 4.40 Å². The molecule has 1 N–H and O–H groups in total. The van der Waals surface area contributed by atoms with Crippen molar-refractivity contribution in [1.82, 2.24) is 9.38 Å². The Morgan fingerprint density at radius 1 is 1.33 bits per heavy atom. The van der Waals surface area contributed by atoms with Gasteiger partial charge in [0.05, 0.1) is 10.3 Å². The minimum Gasteiger partial charge on any atom is -0.476 e. The molecule has 0 saturated heterocycles. The molecule has 21 heavy (non-hydrogen) atoms. The van der Waals surface area contributed by atoms with Crippen molar-refractivity contribution >= 4 is 27.5 Å². The van der Waals surface area contributed by atoms with E-state index in [1.54, 1.807) is 41.7 Å². The predicted octanol–water partition coefficient (Wildman–Crippen LogP) is 3.91. The summed E-state index contributed by atoms with van der Waals surface area (Å²) in [5.41, 5.74) is 1.93. The fraction of sp³-hybridized carbons (Fsp3) is 0.0667. The standard InChI is InChI=1S/C15H10BrFN2O2/c1-8-7-9(5-6-10(8)17)14-13(15(20)21)18-12-4-2-3-11(16)19(12)14/h2-7H,1H3,(H,20,21). The lowest BCUT2D eigenvalue weighted by atomic mass is 10.1. The number of hydrogen-bond donors (Lipinski definition) is 1. The first-order valence-electron chi connectivity index (χ1n) is 6.16. The van der Waals surface area contributed by atoms with E-state index in [2.05, 4.69) is 20.9 Å². The highest BCUT2D eigenvalue weighted by molar-refractivity contribution is 9.10. The number of carbonyl (C=O) groups is 1. The third kappa shape index (κ3) is 2.21. The molecule has 3 aromatic rings. The van der Waals surface area contributed by atoms with Crippen LogP contribution >= 0.6 is 15.9 Å². The lowest BCUT2D eigenvalue weighted by Gasteiger charge is -2.07. The minimum atomic E-state index is -1.12. The molecular weight excluding hydrogens is 339 g/mol. The van der Waals surface area contributed by atoms with E-state index in [1.807, 2.05) is 0 Å². The average molecular weight is 349 g/mol. The Hall–Kier alpha value is -2.21. The quantitative estimate of drug-likeness (QED) is 0.714. The minimum absolute atomic E-state index is 0.0621. The van der Waals surface area contributed by atoms with Crippen LogP contribution in [-0.2, 0) is 0 Å². The SMILES string of the molecule is Cc1cc(-c2c(C(=O)O)nc3cccc(Br)n23)ccc1F. The second kappa shape index (κ2) is 4.96. The zero-order chi connectivity index (χ0) is 15.1. The molecule has 0 unspecified atom stereocenters. The van der Waals surface area contributed by atoms with Gasteiger partial charge in [0.25, 0.3) is 0 Å². The number of imidazole rings is 1. The van der Waals surface area contributed by atoms with Gasteiger partial charge in [0.2, 0.25) is 0 Å². The van der Waals surface area contributed by atoms with Crippen molar-refractivity contribution < 1.29 is 14.3 Å². The van der Waals surface area contributed by atoms with Gasteiger partial charge in [0.1, 0.15) is 11.5 Å². The second-order valence-electron chi connectivity index (χ2n) is 4.62. The van der Waals surface area contributed by atoms with E-state index in [0.29, 0.717) is 27.1 Å². The molecular formula is C15H10BrFN2O2.